The van der Waals surface area contributed by atoms with Crippen molar-refractivity contribution in [2.45, 2.75) is 70.8 Å². The Balaban J connectivity index is 1.83. The van der Waals surface area contributed by atoms with E-state index in [2.05, 4.69) is 13.8 Å². The van der Waals surface area contributed by atoms with Crippen LogP contribution in [-0.4, -0.2) is 28.4 Å². The summed E-state index contributed by atoms with van der Waals surface area (Å²) in [5.41, 5.74) is 3.31. The zero-order valence-electron chi connectivity index (χ0n) is 18.7. The lowest BCUT2D eigenvalue weighted by Crippen LogP contribution is -2.30. The smallest absolute Gasteiger partial charge is 0.388 e. The molecule has 174 valence electrons. The summed E-state index contributed by atoms with van der Waals surface area (Å²) in [6.07, 6.45) is -3.40. The second kappa shape index (κ2) is 8.43. The van der Waals surface area contributed by atoms with Crippen LogP contribution in [0, 0.1) is 12.3 Å². The summed E-state index contributed by atoms with van der Waals surface area (Å²) in [6.45, 7) is 7.30. The standard InChI is InChI=1S/C25H30F3NO3/c1-14-20-18(12-24(2,3)13-19(20)30)29-22(15-8-10-32-11-9-15)21(14)23(31)16-4-6-17(7-5-16)25(26,27)28/h4-7,15,19,23,30-31H,8-13H2,1-3H3. The molecule has 2 unspecified atom stereocenters. The summed E-state index contributed by atoms with van der Waals surface area (Å²) in [4.78, 5) is 4.99. The van der Waals surface area contributed by atoms with Gasteiger partial charge in [-0.25, -0.2) is 0 Å². The highest BCUT2D eigenvalue weighted by atomic mass is 19.4. The number of alkyl halides is 3. The summed E-state index contributed by atoms with van der Waals surface area (Å²) < 4.78 is 44.5. The molecule has 4 nitrogen and oxygen atoms in total. The minimum absolute atomic E-state index is 0.0909. The molecule has 32 heavy (non-hydrogen) atoms. The first-order chi connectivity index (χ1) is 15.0. The third-order valence-corrected chi connectivity index (χ3v) is 6.81. The van der Waals surface area contributed by atoms with Crippen molar-refractivity contribution in [1.82, 2.24) is 4.98 Å². The number of rotatable bonds is 3. The zero-order valence-corrected chi connectivity index (χ0v) is 18.7. The van der Waals surface area contributed by atoms with Crippen LogP contribution in [0.5, 0.6) is 0 Å². The lowest BCUT2D eigenvalue weighted by atomic mass is 9.72. The van der Waals surface area contributed by atoms with Crippen molar-refractivity contribution in [3.05, 3.63) is 63.5 Å². The van der Waals surface area contributed by atoms with Gasteiger partial charge in [-0.15, -0.1) is 0 Å². The third kappa shape index (κ3) is 4.43. The fraction of sp³-hybridized carbons (Fsp3) is 0.560. The second-order valence-corrected chi connectivity index (χ2v) is 9.87. The van der Waals surface area contributed by atoms with E-state index in [9.17, 15) is 23.4 Å². The van der Waals surface area contributed by atoms with E-state index < -0.39 is 23.9 Å². The van der Waals surface area contributed by atoms with Gasteiger partial charge in [0.05, 0.1) is 17.4 Å². The third-order valence-electron chi connectivity index (χ3n) is 6.81. The highest BCUT2D eigenvalue weighted by Crippen LogP contribution is 2.45. The zero-order chi connectivity index (χ0) is 23.3. The fourth-order valence-corrected chi connectivity index (χ4v) is 5.20. The van der Waals surface area contributed by atoms with Gasteiger partial charge in [0.1, 0.15) is 6.10 Å². The molecule has 2 aromatic rings. The van der Waals surface area contributed by atoms with Crippen LogP contribution >= 0.6 is 0 Å². The van der Waals surface area contributed by atoms with E-state index in [4.69, 9.17) is 9.72 Å². The van der Waals surface area contributed by atoms with Crippen LogP contribution in [0.2, 0.25) is 0 Å². The highest BCUT2D eigenvalue weighted by molar-refractivity contribution is 5.48. The van der Waals surface area contributed by atoms with E-state index >= 15 is 0 Å². The molecule has 1 aliphatic carbocycles. The summed E-state index contributed by atoms with van der Waals surface area (Å²) in [7, 11) is 0. The molecule has 7 heteroatoms. The molecule has 2 atom stereocenters. The van der Waals surface area contributed by atoms with Gasteiger partial charge in [-0.05, 0) is 61.3 Å². The summed E-state index contributed by atoms with van der Waals surface area (Å²) in [5.74, 6) is 0.0917. The average molecular weight is 450 g/mol. The second-order valence-electron chi connectivity index (χ2n) is 9.87. The largest absolute Gasteiger partial charge is 0.416 e. The van der Waals surface area contributed by atoms with Crippen molar-refractivity contribution < 1.29 is 28.1 Å². The number of hydrogen-bond donors (Lipinski definition) is 2. The quantitative estimate of drug-likeness (QED) is 0.660. The lowest BCUT2D eigenvalue weighted by Gasteiger charge is -2.37. The van der Waals surface area contributed by atoms with Crippen LogP contribution in [-0.2, 0) is 17.3 Å². The Hall–Kier alpha value is -1.96. The minimum atomic E-state index is -4.43. The number of aromatic nitrogens is 1. The van der Waals surface area contributed by atoms with Gasteiger partial charge in [-0.3, -0.25) is 4.98 Å². The van der Waals surface area contributed by atoms with Gasteiger partial charge in [0, 0.05) is 36.0 Å². The molecule has 2 heterocycles. The first kappa shape index (κ1) is 23.2. The van der Waals surface area contributed by atoms with Crippen LogP contribution in [0.1, 0.15) is 90.4 Å². The van der Waals surface area contributed by atoms with E-state index in [1.807, 2.05) is 6.92 Å². The van der Waals surface area contributed by atoms with E-state index in [0.717, 1.165) is 53.9 Å². The van der Waals surface area contributed by atoms with Gasteiger partial charge in [0.2, 0.25) is 0 Å². The van der Waals surface area contributed by atoms with Gasteiger partial charge < -0.3 is 14.9 Å². The van der Waals surface area contributed by atoms with E-state index in [-0.39, 0.29) is 11.3 Å². The Morgan fingerprint density at radius 3 is 2.34 bits per heavy atom. The van der Waals surface area contributed by atoms with Crippen LogP contribution in [0.3, 0.4) is 0 Å². The Morgan fingerprint density at radius 2 is 1.75 bits per heavy atom. The SMILES string of the molecule is Cc1c2c(nc(C3CCOCC3)c1C(O)c1ccc(C(F)(F)F)cc1)CC(C)(C)CC2O. The van der Waals surface area contributed by atoms with Gasteiger partial charge in [-0.1, -0.05) is 26.0 Å². The molecule has 0 bridgehead atoms. The normalized spacial score (nSPS) is 22.4. The first-order valence-electron chi connectivity index (χ1n) is 11.1. The summed E-state index contributed by atoms with van der Waals surface area (Å²) in [5, 5.41) is 22.2. The number of aliphatic hydroxyl groups is 2. The molecule has 4 rings (SSSR count). The van der Waals surface area contributed by atoms with E-state index in [1.54, 1.807) is 0 Å². The molecule has 2 aliphatic rings. The molecule has 2 N–H and O–H groups in total. The molecule has 0 amide bonds. The molecular formula is C25H30F3NO3. The minimum Gasteiger partial charge on any atom is -0.388 e. The Bertz CT molecular complexity index is 979. The van der Waals surface area contributed by atoms with Gasteiger partial charge in [0.15, 0.2) is 0 Å². The maximum Gasteiger partial charge on any atom is 0.416 e. The number of fused-ring (bicyclic) bond motifs is 1. The maximum absolute atomic E-state index is 13.0. The molecule has 1 aromatic heterocycles. The number of hydrogen-bond acceptors (Lipinski definition) is 4. The van der Waals surface area contributed by atoms with Crippen LogP contribution < -0.4 is 0 Å². The number of halogens is 3. The first-order valence-corrected chi connectivity index (χ1v) is 11.1. The van der Waals surface area contributed by atoms with Crippen LogP contribution in [0.15, 0.2) is 24.3 Å². The predicted octanol–water partition coefficient (Wildman–Crippen LogP) is 5.39. The van der Waals surface area contributed by atoms with Crippen LogP contribution in [0.4, 0.5) is 13.2 Å². The van der Waals surface area contributed by atoms with Crippen LogP contribution in [0.25, 0.3) is 0 Å². The van der Waals surface area contributed by atoms with Crippen molar-refractivity contribution >= 4 is 0 Å². The number of ether oxygens (including phenoxy) is 1. The van der Waals surface area contributed by atoms with Gasteiger partial charge >= 0.3 is 6.18 Å². The Labute approximate surface area is 186 Å². The molecule has 1 aliphatic heterocycles. The molecule has 1 fully saturated rings. The molecule has 0 spiro atoms. The average Bonchev–Trinajstić information content (AvgIpc) is 2.72. The lowest BCUT2D eigenvalue weighted by molar-refractivity contribution is -0.137. The van der Waals surface area contributed by atoms with Crippen molar-refractivity contribution in [1.29, 1.82) is 0 Å². The summed E-state index contributed by atoms with van der Waals surface area (Å²) in [6, 6.07) is 4.62. The number of aliphatic hydroxyl groups excluding tert-OH is 2. The topological polar surface area (TPSA) is 62.6 Å². The van der Waals surface area contributed by atoms with Gasteiger partial charge in [-0.2, -0.15) is 13.2 Å². The fourth-order valence-electron chi connectivity index (χ4n) is 5.20. The summed E-state index contributed by atoms with van der Waals surface area (Å²) >= 11 is 0. The molecule has 0 saturated carbocycles. The Kier molecular flexibility index (Phi) is 6.11. The van der Waals surface area contributed by atoms with Crippen molar-refractivity contribution in [2.75, 3.05) is 13.2 Å². The molecular weight excluding hydrogens is 419 g/mol. The monoisotopic (exact) mass is 449 g/mol. The highest BCUT2D eigenvalue weighted by Gasteiger charge is 2.37. The number of pyridine rings is 1. The van der Waals surface area contributed by atoms with E-state index in [1.165, 1.54) is 12.1 Å². The number of nitrogens with zero attached hydrogens (tertiary/aromatic N) is 1. The predicted molar refractivity (Wildman–Crippen MR) is 114 cm³/mol. The molecule has 1 saturated heterocycles. The van der Waals surface area contributed by atoms with E-state index in [0.29, 0.717) is 30.8 Å². The van der Waals surface area contributed by atoms with Crippen molar-refractivity contribution in [3.63, 3.8) is 0 Å². The number of benzene rings is 1. The molecule has 1 aromatic carbocycles. The molecule has 0 radical (unpaired) electrons. The van der Waals surface area contributed by atoms with Gasteiger partial charge in [0.25, 0.3) is 0 Å². The maximum atomic E-state index is 13.0. The van der Waals surface area contributed by atoms with Crippen molar-refractivity contribution in [2.24, 2.45) is 5.41 Å². The Morgan fingerprint density at radius 1 is 1.12 bits per heavy atom. The van der Waals surface area contributed by atoms with Crippen molar-refractivity contribution in [3.8, 4) is 0 Å².